The average molecular weight is 235 g/mol. The molecule has 1 aliphatic heterocycles. The number of hydrogen-bond acceptors (Lipinski definition) is 4. The molecule has 0 atom stereocenters. The third kappa shape index (κ3) is 2.75. The molecule has 0 spiro atoms. The van der Waals surface area contributed by atoms with Crippen LogP contribution in [0.25, 0.3) is 0 Å². The second-order valence-electron chi connectivity index (χ2n) is 4.21. The molecule has 0 saturated carbocycles. The van der Waals surface area contributed by atoms with Crippen molar-refractivity contribution in [1.29, 1.82) is 0 Å². The van der Waals surface area contributed by atoms with Gasteiger partial charge in [-0.2, -0.15) is 0 Å². The lowest BCUT2D eigenvalue weighted by atomic mass is 10.2. The first-order chi connectivity index (χ1) is 8.20. The molecule has 1 aromatic rings. The maximum atomic E-state index is 11.6. The van der Waals surface area contributed by atoms with Crippen molar-refractivity contribution in [3.8, 4) is 0 Å². The molecule has 0 unspecified atom stereocenters. The molecule has 1 amide bonds. The summed E-state index contributed by atoms with van der Waals surface area (Å²) in [6.45, 7) is 2.49. The van der Waals surface area contributed by atoms with E-state index in [-0.39, 0.29) is 5.91 Å². The molecule has 0 bridgehead atoms. The molecule has 0 radical (unpaired) electrons. The van der Waals surface area contributed by atoms with Crippen LogP contribution in [0.2, 0.25) is 0 Å². The summed E-state index contributed by atoms with van der Waals surface area (Å²) in [6.07, 6.45) is 0. The van der Waals surface area contributed by atoms with Crippen molar-refractivity contribution in [1.82, 2.24) is 4.90 Å². The van der Waals surface area contributed by atoms with Gasteiger partial charge in [-0.25, -0.2) is 5.90 Å². The van der Waals surface area contributed by atoms with Gasteiger partial charge in [0.25, 0.3) is 0 Å². The molecule has 5 nitrogen and oxygen atoms in total. The second kappa shape index (κ2) is 5.16. The van der Waals surface area contributed by atoms with Gasteiger partial charge in [0.2, 0.25) is 5.91 Å². The van der Waals surface area contributed by atoms with Crippen molar-refractivity contribution < 1.29 is 9.63 Å². The van der Waals surface area contributed by atoms with E-state index >= 15 is 0 Å². The van der Waals surface area contributed by atoms with Crippen LogP contribution in [0.1, 0.15) is 5.56 Å². The Labute approximate surface area is 101 Å². The van der Waals surface area contributed by atoms with Crippen LogP contribution in [-0.2, 0) is 16.2 Å². The molecule has 2 rings (SSSR count). The summed E-state index contributed by atoms with van der Waals surface area (Å²) in [5.41, 5.74) is 2.09. The highest BCUT2D eigenvalue weighted by atomic mass is 16.6. The number of benzene rings is 1. The van der Waals surface area contributed by atoms with E-state index in [1.165, 1.54) is 0 Å². The standard InChI is InChI=1S/C12H17N3O2/c1-14-6-7-15(8-12(14)16)11-4-2-10(3-5-11)9-17-13/h2-5H,6-9,13H2,1H3. The first-order valence-corrected chi connectivity index (χ1v) is 5.60. The number of nitrogens with zero attached hydrogens (tertiary/aromatic N) is 2. The van der Waals surface area contributed by atoms with Crippen molar-refractivity contribution in [2.45, 2.75) is 6.61 Å². The van der Waals surface area contributed by atoms with Crippen LogP contribution in [0, 0.1) is 0 Å². The molecule has 1 fully saturated rings. The molecule has 2 N–H and O–H groups in total. The molecule has 17 heavy (non-hydrogen) atoms. The number of nitrogens with two attached hydrogens (primary N) is 1. The Morgan fingerprint density at radius 3 is 2.59 bits per heavy atom. The lowest BCUT2D eigenvalue weighted by molar-refractivity contribution is -0.129. The Balaban J connectivity index is 2.05. The fourth-order valence-corrected chi connectivity index (χ4v) is 1.88. The summed E-state index contributed by atoms with van der Waals surface area (Å²) in [7, 11) is 1.83. The largest absolute Gasteiger partial charge is 0.360 e. The molecule has 0 aromatic heterocycles. The molecule has 1 aromatic carbocycles. The second-order valence-corrected chi connectivity index (χ2v) is 4.21. The van der Waals surface area contributed by atoms with Gasteiger partial charge in [0.05, 0.1) is 13.2 Å². The first-order valence-electron chi connectivity index (χ1n) is 5.60. The number of hydrogen-bond donors (Lipinski definition) is 1. The minimum absolute atomic E-state index is 0.158. The van der Waals surface area contributed by atoms with E-state index in [0.29, 0.717) is 13.2 Å². The van der Waals surface area contributed by atoms with Gasteiger partial charge in [0.1, 0.15) is 0 Å². The summed E-state index contributed by atoms with van der Waals surface area (Å²) in [5.74, 6) is 5.17. The quantitative estimate of drug-likeness (QED) is 0.768. The van der Waals surface area contributed by atoms with Crippen LogP contribution < -0.4 is 10.8 Å². The highest BCUT2D eigenvalue weighted by Gasteiger charge is 2.20. The van der Waals surface area contributed by atoms with Crippen LogP contribution in [-0.4, -0.2) is 37.5 Å². The first kappa shape index (κ1) is 11.9. The summed E-state index contributed by atoms with van der Waals surface area (Å²) in [5, 5.41) is 0. The third-order valence-electron chi connectivity index (χ3n) is 3.01. The van der Waals surface area contributed by atoms with Gasteiger partial charge in [0.15, 0.2) is 0 Å². The predicted molar refractivity (Wildman–Crippen MR) is 65.3 cm³/mol. The van der Waals surface area contributed by atoms with Gasteiger partial charge < -0.3 is 9.80 Å². The third-order valence-corrected chi connectivity index (χ3v) is 3.01. The maximum absolute atomic E-state index is 11.6. The van der Waals surface area contributed by atoms with Crippen LogP contribution >= 0.6 is 0 Å². The molecule has 92 valence electrons. The molecule has 5 heteroatoms. The van der Waals surface area contributed by atoms with Crippen LogP contribution in [0.15, 0.2) is 24.3 Å². The van der Waals surface area contributed by atoms with E-state index in [2.05, 4.69) is 9.74 Å². The topological polar surface area (TPSA) is 58.8 Å². The molecular weight excluding hydrogens is 218 g/mol. The van der Waals surface area contributed by atoms with Gasteiger partial charge in [-0.1, -0.05) is 12.1 Å². The zero-order valence-corrected chi connectivity index (χ0v) is 9.93. The van der Waals surface area contributed by atoms with E-state index in [1.54, 1.807) is 4.90 Å². The lowest BCUT2D eigenvalue weighted by Gasteiger charge is -2.33. The fourth-order valence-electron chi connectivity index (χ4n) is 1.88. The Morgan fingerprint density at radius 1 is 1.29 bits per heavy atom. The number of amides is 1. The number of piperazine rings is 1. The SMILES string of the molecule is CN1CCN(c2ccc(CON)cc2)CC1=O. The lowest BCUT2D eigenvalue weighted by Crippen LogP contribution is -2.48. The van der Waals surface area contributed by atoms with Gasteiger partial charge in [-0.15, -0.1) is 0 Å². The zero-order chi connectivity index (χ0) is 12.3. The van der Waals surface area contributed by atoms with E-state index in [9.17, 15) is 4.79 Å². The van der Waals surface area contributed by atoms with E-state index in [1.807, 2.05) is 31.3 Å². The fraction of sp³-hybridized carbons (Fsp3) is 0.417. The maximum Gasteiger partial charge on any atom is 0.241 e. The number of carbonyl (C=O) groups excluding carboxylic acids is 1. The smallest absolute Gasteiger partial charge is 0.241 e. The van der Waals surface area contributed by atoms with E-state index < -0.39 is 0 Å². The number of rotatable bonds is 3. The normalized spacial score (nSPS) is 16.5. The van der Waals surface area contributed by atoms with Gasteiger partial charge in [0, 0.05) is 25.8 Å². The zero-order valence-electron chi connectivity index (χ0n) is 9.93. The summed E-state index contributed by atoms with van der Waals surface area (Å²) in [4.78, 5) is 20.0. The summed E-state index contributed by atoms with van der Waals surface area (Å²) < 4.78 is 0. The Morgan fingerprint density at radius 2 is 2.00 bits per heavy atom. The highest BCUT2D eigenvalue weighted by molar-refractivity contribution is 5.82. The summed E-state index contributed by atoms with van der Waals surface area (Å²) >= 11 is 0. The Kier molecular flexibility index (Phi) is 3.61. The minimum atomic E-state index is 0.158. The van der Waals surface area contributed by atoms with Crippen molar-refractivity contribution in [3.63, 3.8) is 0 Å². The van der Waals surface area contributed by atoms with Gasteiger partial charge in [-0.3, -0.25) is 9.63 Å². The molecule has 0 aliphatic carbocycles. The van der Waals surface area contributed by atoms with Crippen LogP contribution in [0.4, 0.5) is 5.69 Å². The van der Waals surface area contributed by atoms with Crippen molar-refractivity contribution >= 4 is 11.6 Å². The van der Waals surface area contributed by atoms with Crippen LogP contribution in [0.3, 0.4) is 0 Å². The summed E-state index contributed by atoms with van der Waals surface area (Å²) in [6, 6.07) is 7.91. The monoisotopic (exact) mass is 235 g/mol. The molecular formula is C12H17N3O2. The number of likely N-dealkylation sites (N-methyl/N-ethyl adjacent to an activating group) is 1. The molecule has 1 heterocycles. The van der Waals surface area contributed by atoms with Gasteiger partial charge in [-0.05, 0) is 17.7 Å². The average Bonchev–Trinajstić information content (AvgIpc) is 2.34. The molecule has 1 aliphatic rings. The van der Waals surface area contributed by atoms with Crippen molar-refractivity contribution in [2.75, 3.05) is 31.6 Å². The highest BCUT2D eigenvalue weighted by Crippen LogP contribution is 2.17. The molecule has 1 saturated heterocycles. The Bertz CT molecular complexity index is 391. The Hall–Kier alpha value is -1.59. The number of carbonyl (C=O) groups is 1. The minimum Gasteiger partial charge on any atom is -0.360 e. The van der Waals surface area contributed by atoms with Crippen LogP contribution in [0.5, 0.6) is 0 Å². The van der Waals surface area contributed by atoms with Crippen molar-refractivity contribution in [2.24, 2.45) is 5.90 Å². The predicted octanol–water partition coefficient (Wildman–Crippen LogP) is 0.355. The van der Waals surface area contributed by atoms with Gasteiger partial charge >= 0.3 is 0 Å². The number of anilines is 1. The van der Waals surface area contributed by atoms with E-state index in [0.717, 1.165) is 24.3 Å². The van der Waals surface area contributed by atoms with E-state index in [4.69, 9.17) is 5.90 Å². The van der Waals surface area contributed by atoms with Crippen molar-refractivity contribution in [3.05, 3.63) is 29.8 Å².